The zero-order chi connectivity index (χ0) is 9.23. The Labute approximate surface area is 76.9 Å². The quantitative estimate of drug-likeness (QED) is 0.338. The first-order chi connectivity index (χ1) is 5.85. The second-order valence-corrected chi connectivity index (χ2v) is 5.10. The molecule has 0 aromatic heterocycles. The molecule has 70 valence electrons. The van der Waals surface area contributed by atoms with Crippen molar-refractivity contribution >= 4 is 8.59 Å². The number of nitrogens with zero attached hydrogens (tertiary/aromatic N) is 1. The molecule has 0 saturated carbocycles. The van der Waals surface area contributed by atoms with Gasteiger partial charge >= 0.3 is 0 Å². The highest BCUT2D eigenvalue weighted by atomic mass is 28.2. The summed E-state index contributed by atoms with van der Waals surface area (Å²) < 4.78 is 0. The summed E-state index contributed by atoms with van der Waals surface area (Å²) in [6, 6.07) is 2.46. The Morgan fingerprint density at radius 3 is 2.58 bits per heavy atom. The highest BCUT2D eigenvalue weighted by Crippen LogP contribution is 2.04. The first-order valence-corrected chi connectivity index (χ1v) is 6.53. The van der Waals surface area contributed by atoms with E-state index in [-0.39, 0.29) is 0 Å². The van der Waals surface area contributed by atoms with Crippen molar-refractivity contribution in [1.29, 1.82) is 0 Å². The Balaban J connectivity index is 3.75. The van der Waals surface area contributed by atoms with Gasteiger partial charge in [0.05, 0.1) is 0 Å². The van der Waals surface area contributed by atoms with E-state index in [1.54, 1.807) is 0 Å². The molecule has 0 spiro atoms. The van der Waals surface area contributed by atoms with Crippen molar-refractivity contribution in [1.82, 2.24) is 0 Å². The van der Waals surface area contributed by atoms with E-state index in [9.17, 15) is 0 Å². The van der Waals surface area contributed by atoms with Crippen molar-refractivity contribution in [2.45, 2.75) is 45.2 Å². The summed E-state index contributed by atoms with van der Waals surface area (Å²) in [7, 11) is -0.589. The Morgan fingerprint density at radius 2 is 2.08 bits per heavy atom. The van der Waals surface area contributed by atoms with E-state index in [1.807, 2.05) is 0 Å². The van der Waals surface area contributed by atoms with Crippen LogP contribution in [0.2, 0.25) is 12.1 Å². The van der Waals surface area contributed by atoms with Crippen molar-refractivity contribution < 1.29 is 4.84 Å². The Morgan fingerprint density at radius 1 is 1.33 bits per heavy atom. The van der Waals surface area contributed by atoms with Crippen LogP contribution in [0.5, 0.6) is 0 Å². The number of rotatable bonds is 7. The summed E-state index contributed by atoms with van der Waals surface area (Å²) in [6.45, 7) is 7.88. The van der Waals surface area contributed by atoms with Gasteiger partial charge in [0, 0.05) is 0 Å². The number of unbranched alkanes of at least 4 members (excludes halogenated alkanes) is 1. The van der Waals surface area contributed by atoms with Gasteiger partial charge in [0.1, 0.15) is 6.26 Å². The third kappa shape index (κ3) is 6.28. The molecule has 3 heteroatoms. The fourth-order valence-electron chi connectivity index (χ4n) is 0.998. The van der Waals surface area contributed by atoms with Crippen molar-refractivity contribution in [3.8, 4) is 0 Å². The van der Waals surface area contributed by atoms with Gasteiger partial charge in [-0.25, -0.2) is 0 Å². The SMILES string of the molecule is C=CON=[Si](CCC)CCCC. The van der Waals surface area contributed by atoms with E-state index >= 15 is 0 Å². The average Bonchev–Trinajstić information content (AvgIpc) is 2.10. The second-order valence-electron chi connectivity index (χ2n) is 2.78. The molecule has 0 aliphatic heterocycles. The molecule has 0 aromatic rings. The summed E-state index contributed by atoms with van der Waals surface area (Å²) >= 11 is 0. The van der Waals surface area contributed by atoms with E-state index in [2.05, 4.69) is 25.2 Å². The average molecular weight is 185 g/mol. The maximum absolute atomic E-state index is 4.88. The van der Waals surface area contributed by atoms with Gasteiger partial charge in [-0.3, -0.25) is 0 Å². The Bertz CT molecular complexity index is 145. The summed E-state index contributed by atoms with van der Waals surface area (Å²) in [6.07, 6.45) is 5.15. The fourth-order valence-corrected chi connectivity index (χ4v) is 2.99. The van der Waals surface area contributed by atoms with Crippen LogP contribution in [0.1, 0.15) is 33.1 Å². The zero-order valence-corrected chi connectivity index (χ0v) is 9.18. The van der Waals surface area contributed by atoms with Gasteiger partial charge in [-0.15, -0.1) is 4.80 Å². The lowest BCUT2D eigenvalue weighted by Crippen LogP contribution is -1.99. The monoisotopic (exact) mass is 185 g/mol. The van der Waals surface area contributed by atoms with Crippen LogP contribution in [0, 0.1) is 0 Å². The lowest BCUT2D eigenvalue weighted by Gasteiger charge is -2.00. The lowest BCUT2D eigenvalue weighted by molar-refractivity contribution is 0.272. The third-order valence-corrected chi connectivity index (χ3v) is 3.99. The maximum atomic E-state index is 4.88. The standard InChI is InChI=1S/C9H19NOSi/c1-4-7-9-12(8-5-2)10-11-6-3/h6H,3-5,7-9H2,1-2H3. The number of hydrogen-bond acceptors (Lipinski definition) is 2. The molecule has 0 rings (SSSR count). The van der Waals surface area contributed by atoms with Crippen molar-refractivity contribution in [2.75, 3.05) is 0 Å². The van der Waals surface area contributed by atoms with Gasteiger partial charge in [0.2, 0.25) is 0 Å². The Kier molecular flexibility index (Phi) is 8.33. The second kappa shape index (κ2) is 8.65. The predicted molar refractivity (Wildman–Crippen MR) is 54.3 cm³/mol. The fraction of sp³-hybridized carbons (Fsp3) is 0.778. The van der Waals surface area contributed by atoms with Crippen LogP contribution in [0.3, 0.4) is 0 Å². The molecule has 0 atom stereocenters. The summed E-state index contributed by atoms with van der Waals surface area (Å²) in [5.41, 5.74) is 0. The minimum Gasteiger partial charge on any atom is -0.376 e. The van der Waals surface area contributed by atoms with E-state index in [0.29, 0.717) is 0 Å². The normalized spacial score (nSPS) is 11.3. The topological polar surface area (TPSA) is 21.6 Å². The lowest BCUT2D eigenvalue weighted by atomic mass is 10.4. The third-order valence-electron chi connectivity index (χ3n) is 1.61. The van der Waals surface area contributed by atoms with Crippen molar-refractivity contribution in [2.24, 2.45) is 4.80 Å². The van der Waals surface area contributed by atoms with Crippen molar-refractivity contribution in [3.63, 3.8) is 0 Å². The molecule has 0 amide bonds. The van der Waals surface area contributed by atoms with E-state index in [4.69, 9.17) is 4.84 Å². The highest BCUT2D eigenvalue weighted by molar-refractivity contribution is 6.46. The molecule has 0 N–H and O–H groups in total. The van der Waals surface area contributed by atoms with Crippen LogP contribution in [0.25, 0.3) is 0 Å². The van der Waals surface area contributed by atoms with Gasteiger partial charge < -0.3 is 4.84 Å². The van der Waals surface area contributed by atoms with Crippen LogP contribution >= 0.6 is 0 Å². The molecule has 0 aliphatic carbocycles. The minimum absolute atomic E-state index is 0.589. The van der Waals surface area contributed by atoms with Crippen LogP contribution in [-0.2, 0) is 4.84 Å². The maximum Gasteiger partial charge on any atom is 0.181 e. The minimum atomic E-state index is -0.589. The molecule has 0 bridgehead atoms. The van der Waals surface area contributed by atoms with E-state index in [1.165, 1.54) is 37.6 Å². The molecule has 0 heterocycles. The van der Waals surface area contributed by atoms with Crippen LogP contribution in [0.15, 0.2) is 17.6 Å². The predicted octanol–water partition coefficient (Wildman–Crippen LogP) is 3.53. The van der Waals surface area contributed by atoms with Crippen LogP contribution in [0.4, 0.5) is 0 Å². The molecule has 12 heavy (non-hydrogen) atoms. The molecular formula is C9H19NOSi. The first kappa shape index (κ1) is 11.6. The van der Waals surface area contributed by atoms with Gasteiger partial charge in [-0.2, -0.15) is 0 Å². The van der Waals surface area contributed by atoms with Gasteiger partial charge in [-0.1, -0.05) is 39.7 Å². The molecule has 0 fully saturated rings. The molecule has 0 unspecified atom stereocenters. The highest BCUT2D eigenvalue weighted by Gasteiger charge is 2.00. The van der Waals surface area contributed by atoms with E-state index in [0.717, 1.165) is 0 Å². The van der Waals surface area contributed by atoms with Gasteiger partial charge in [0.15, 0.2) is 8.59 Å². The summed E-state index contributed by atoms with van der Waals surface area (Å²) in [5, 5.41) is 0. The summed E-state index contributed by atoms with van der Waals surface area (Å²) in [5.74, 6) is 0. The molecular weight excluding hydrogens is 166 g/mol. The number of hydrogen-bond donors (Lipinski definition) is 0. The Hall–Kier alpha value is -0.443. The molecule has 0 aliphatic rings. The zero-order valence-electron chi connectivity index (χ0n) is 8.18. The summed E-state index contributed by atoms with van der Waals surface area (Å²) in [4.78, 5) is 9.03. The largest absolute Gasteiger partial charge is 0.376 e. The smallest absolute Gasteiger partial charge is 0.181 e. The molecule has 0 aromatic carbocycles. The van der Waals surface area contributed by atoms with Gasteiger partial charge in [-0.05, 0) is 12.1 Å². The van der Waals surface area contributed by atoms with Crippen LogP contribution < -0.4 is 0 Å². The van der Waals surface area contributed by atoms with Crippen LogP contribution in [-0.4, -0.2) is 8.59 Å². The van der Waals surface area contributed by atoms with E-state index < -0.39 is 8.59 Å². The van der Waals surface area contributed by atoms with Crippen molar-refractivity contribution in [3.05, 3.63) is 12.8 Å². The molecule has 0 radical (unpaired) electrons. The van der Waals surface area contributed by atoms with Gasteiger partial charge in [0.25, 0.3) is 0 Å². The molecule has 0 saturated heterocycles. The molecule has 2 nitrogen and oxygen atoms in total. The first-order valence-electron chi connectivity index (χ1n) is 4.67.